The molecule has 2 aromatic rings. The number of aliphatic imine (C=N–C) groups is 1. The van der Waals surface area contributed by atoms with Gasteiger partial charge in [-0.1, -0.05) is 6.92 Å². The molecule has 1 aromatic carbocycles. The minimum atomic E-state index is -4.59. The first-order valence-corrected chi connectivity index (χ1v) is 11.9. The number of carbonyl (C=O) groups is 1. The van der Waals surface area contributed by atoms with Crippen LogP contribution in [0.3, 0.4) is 0 Å². The Bertz CT molecular complexity index is 1120. The van der Waals surface area contributed by atoms with Crippen LogP contribution in [0, 0.1) is 12.8 Å². The molecule has 7 nitrogen and oxygen atoms in total. The van der Waals surface area contributed by atoms with Crippen molar-refractivity contribution in [2.24, 2.45) is 10.9 Å². The van der Waals surface area contributed by atoms with Gasteiger partial charge >= 0.3 is 6.18 Å². The zero-order valence-electron chi connectivity index (χ0n) is 20.9. The fourth-order valence-corrected chi connectivity index (χ4v) is 4.21. The van der Waals surface area contributed by atoms with E-state index in [-0.39, 0.29) is 28.6 Å². The Morgan fingerprint density at radius 2 is 1.97 bits per heavy atom. The monoisotopic (exact) mass is 506 g/mol. The lowest BCUT2D eigenvalue weighted by Crippen LogP contribution is -2.35. The number of aryl methyl sites for hydroxylation is 1. The molecule has 196 valence electrons. The molecule has 0 radical (unpaired) electrons. The van der Waals surface area contributed by atoms with Crippen LogP contribution in [-0.4, -0.2) is 57.0 Å². The highest BCUT2D eigenvalue weighted by molar-refractivity contribution is 6.09. The number of carbonyl (C=O) groups excluding carboxylic acids is 1. The molecule has 1 heterocycles. The van der Waals surface area contributed by atoms with Gasteiger partial charge in [-0.25, -0.2) is 4.98 Å². The van der Waals surface area contributed by atoms with E-state index in [1.807, 2.05) is 6.92 Å². The second-order valence-corrected chi connectivity index (χ2v) is 9.87. The van der Waals surface area contributed by atoms with E-state index in [0.29, 0.717) is 36.5 Å². The van der Waals surface area contributed by atoms with Gasteiger partial charge in [-0.15, -0.1) is 0 Å². The van der Waals surface area contributed by atoms with Crippen molar-refractivity contribution in [2.75, 3.05) is 18.8 Å². The van der Waals surface area contributed by atoms with Crippen molar-refractivity contribution >= 4 is 17.9 Å². The number of nitrogen functional groups attached to an aromatic ring is 1. The fraction of sp³-hybridized carbons (Fsp3) is 0.500. The van der Waals surface area contributed by atoms with E-state index >= 15 is 0 Å². The third-order valence-corrected chi connectivity index (χ3v) is 6.36. The topological polar surface area (TPSA) is 112 Å². The second kappa shape index (κ2) is 10.5. The van der Waals surface area contributed by atoms with Crippen molar-refractivity contribution in [3.05, 3.63) is 41.0 Å². The zero-order valence-corrected chi connectivity index (χ0v) is 20.9. The number of anilines is 1. The van der Waals surface area contributed by atoms with Crippen LogP contribution in [0.2, 0.25) is 0 Å². The summed E-state index contributed by atoms with van der Waals surface area (Å²) in [6, 6.07) is 5.02. The number of aromatic hydroxyl groups is 1. The molecule has 1 amide bonds. The Balaban J connectivity index is 1.92. The first-order chi connectivity index (χ1) is 16.8. The van der Waals surface area contributed by atoms with Gasteiger partial charge < -0.3 is 20.8 Å². The number of pyridine rings is 1. The number of hydrogen-bond acceptors (Lipinski definition) is 6. The minimum Gasteiger partial charge on any atom is -0.507 e. The number of nitrogens with two attached hydrogens (primary N) is 1. The summed E-state index contributed by atoms with van der Waals surface area (Å²) in [6.45, 7) is 7.57. The lowest BCUT2D eigenvalue weighted by atomic mass is 9.94. The highest BCUT2D eigenvalue weighted by Crippen LogP contribution is 2.39. The van der Waals surface area contributed by atoms with E-state index < -0.39 is 23.1 Å². The Kier molecular flexibility index (Phi) is 7.97. The number of phenols is 1. The smallest absolute Gasteiger partial charge is 0.416 e. The van der Waals surface area contributed by atoms with E-state index in [4.69, 9.17) is 5.73 Å². The van der Waals surface area contributed by atoms with Crippen molar-refractivity contribution in [3.63, 3.8) is 0 Å². The Morgan fingerprint density at radius 3 is 2.44 bits per heavy atom. The summed E-state index contributed by atoms with van der Waals surface area (Å²) in [6.07, 6.45) is -0.905. The van der Waals surface area contributed by atoms with Crippen LogP contribution in [0.1, 0.15) is 56.7 Å². The highest BCUT2D eigenvalue weighted by Gasteiger charge is 2.33. The third kappa shape index (κ3) is 6.34. The van der Waals surface area contributed by atoms with E-state index in [1.54, 1.807) is 24.8 Å². The molecule has 1 aromatic heterocycles. The van der Waals surface area contributed by atoms with Gasteiger partial charge in [-0.3, -0.25) is 9.79 Å². The van der Waals surface area contributed by atoms with E-state index in [1.165, 1.54) is 13.0 Å². The maximum absolute atomic E-state index is 13.1. The SMILES string of the molecule is CCC(CN=C(c1ccc(-c2c(C)cc(C(F)(F)F)cc2O)nc1N)C(C)(C)O)CN(C=O)C1CC1. The molecule has 0 saturated heterocycles. The standard InChI is InChI=1S/C26H33F3N4O3/c1-5-16(13-33(14-34)18-6-7-18)12-31-23(25(3,4)36)19-8-9-20(32-24(19)30)22-15(2)10-17(11-21(22)35)26(27,28)29/h8-11,14,16,18,35-36H,5-7,12-13H2,1-4H3,(H2,30,32). The average Bonchev–Trinajstić information content (AvgIpc) is 3.60. The quantitative estimate of drug-likeness (QED) is 0.323. The maximum Gasteiger partial charge on any atom is 0.416 e. The van der Waals surface area contributed by atoms with Crippen molar-refractivity contribution < 1.29 is 28.2 Å². The molecule has 4 N–H and O–H groups in total. The Hall–Kier alpha value is -3.14. The normalized spacial score (nSPS) is 15.6. The summed E-state index contributed by atoms with van der Waals surface area (Å²) in [5, 5.41) is 21.1. The number of phenolic OH excluding ortho intramolecular Hbond substituents is 1. The number of aliphatic hydroxyl groups is 1. The molecule has 1 atom stereocenters. The molecular weight excluding hydrogens is 473 g/mol. The zero-order chi connectivity index (χ0) is 26.8. The number of aromatic nitrogens is 1. The predicted molar refractivity (Wildman–Crippen MR) is 133 cm³/mol. The van der Waals surface area contributed by atoms with E-state index in [0.717, 1.165) is 31.7 Å². The van der Waals surface area contributed by atoms with Crippen LogP contribution in [0.25, 0.3) is 11.3 Å². The molecule has 1 saturated carbocycles. The summed E-state index contributed by atoms with van der Waals surface area (Å²) >= 11 is 0. The maximum atomic E-state index is 13.1. The van der Waals surface area contributed by atoms with Gasteiger partial charge in [-0.2, -0.15) is 13.2 Å². The molecular formula is C26H33F3N4O3. The summed E-state index contributed by atoms with van der Waals surface area (Å²) in [7, 11) is 0. The summed E-state index contributed by atoms with van der Waals surface area (Å²) in [4.78, 5) is 22.2. The van der Waals surface area contributed by atoms with Crippen LogP contribution < -0.4 is 5.73 Å². The van der Waals surface area contributed by atoms with E-state index in [2.05, 4.69) is 9.98 Å². The number of nitrogens with zero attached hydrogens (tertiary/aromatic N) is 3. The van der Waals surface area contributed by atoms with Gasteiger partial charge in [-0.05, 0) is 75.8 Å². The Morgan fingerprint density at radius 1 is 1.31 bits per heavy atom. The predicted octanol–water partition coefficient (Wildman–Crippen LogP) is 4.57. The molecule has 36 heavy (non-hydrogen) atoms. The van der Waals surface area contributed by atoms with Crippen LogP contribution >= 0.6 is 0 Å². The number of amides is 1. The van der Waals surface area contributed by atoms with Crippen molar-refractivity contribution in [1.82, 2.24) is 9.88 Å². The molecule has 1 aliphatic carbocycles. The number of benzene rings is 1. The second-order valence-electron chi connectivity index (χ2n) is 9.87. The first-order valence-electron chi connectivity index (χ1n) is 11.9. The molecule has 0 bridgehead atoms. The first kappa shape index (κ1) is 27.4. The number of rotatable bonds is 10. The summed E-state index contributed by atoms with van der Waals surface area (Å²) < 4.78 is 39.3. The van der Waals surface area contributed by atoms with E-state index in [9.17, 15) is 28.2 Å². The minimum absolute atomic E-state index is 0.0209. The average molecular weight is 507 g/mol. The molecule has 0 aliphatic heterocycles. The summed E-state index contributed by atoms with van der Waals surface area (Å²) in [5.74, 6) is -0.444. The van der Waals surface area contributed by atoms with Gasteiger partial charge in [0.2, 0.25) is 6.41 Å². The molecule has 3 rings (SSSR count). The van der Waals surface area contributed by atoms with Crippen LogP contribution in [-0.2, 0) is 11.0 Å². The van der Waals surface area contributed by atoms with Crippen molar-refractivity contribution in [2.45, 2.75) is 64.8 Å². The Labute approximate surface area is 208 Å². The van der Waals surface area contributed by atoms with Gasteiger partial charge in [0, 0.05) is 30.3 Å². The van der Waals surface area contributed by atoms with Crippen molar-refractivity contribution in [1.29, 1.82) is 0 Å². The van der Waals surface area contributed by atoms with Gasteiger partial charge in [0.1, 0.15) is 17.2 Å². The fourth-order valence-electron chi connectivity index (χ4n) is 4.21. The molecule has 1 fully saturated rings. The van der Waals surface area contributed by atoms with Crippen LogP contribution in [0.4, 0.5) is 19.0 Å². The molecule has 1 aliphatic rings. The number of halogens is 3. The molecule has 0 spiro atoms. The van der Waals surface area contributed by atoms with Gasteiger partial charge in [0.25, 0.3) is 0 Å². The lowest BCUT2D eigenvalue weighted by Gasteiger charge is -2.25. The largest absolute Gasteiger partial charge is 0.507 e. The van der Waals surface area contributed by atoms with Crippen molar-refractivity contribution in [3.8, 4) is 17.0 Å². The number of alkyl halides is 3. The van der Waals surface area contributed by atoms with Gasteiger partial charge in [0.15, 0.2) is 0 Å². The summed E-state index contributed by atoms with van der Waals surface area (Å²) in [5.41, 5.74) is 5.15. The molecule has 10 heteroatoms. The lowest BCUT2D eigenvalue weighted by molar-refractivity contribution is -0.137. The number of hydrogen-bond donors (Lipinski definition) is 3. The van der Waals surface area contributed by atoms with Crippen LogP contribution in [0.5, 0.6) is 5.75 Å². The highest BCUT2D eigenvalue weighted by atomic mass is 19.4. The van der Waals surface area contributed by atoms with Crippen LogP contribution in [0.15, 0.2) is 29.3 Å². The van der Waals surface area contributed by atoms with Gasteiger partial charge in [0.05, 0.1) is 17.0 Å². The molecule has 1 unspecified atom stereocenters. The third-order valence-electron chi connectivity index (χ3n) is 6.36.